The predicted octanol–water partition coefficient (Wildman–Crippen LogP) is 3.48. The number of rotatable bonds is 9. The topological polar surface area (TPSA) is 45.5 Å². The first-order valence-corrected chi connectivity index (χ1v) is 9.35. The molecule has 0 aliphatic carbocycles. The number of guanidine groups is 1. The van der Waals surface area contributed by atoms with Crippen LogP contribution in [0, 0.1) is 0 Å². The zero-order valence-corrected chi connectivity index (χ0v) is 18.7. The van der Waals surface area contributed by atoms with Gasteiger partial charge in [0.05, 0.1) is 12.2 Å². The molecular weight excluding hydrogens is 433 g/mol. The number of halogens is 1. The maximum atomic E-state index is 4.71. The van der Waals surface area contributed by atoms with Crippen LogP contribution in [0.1, 0.15) is 37.9 Å². The number of hydrogen-bond acceptors (Lipinski definition) is 3. The second-order valence-corrected chi connectivity index (χ2v) is 6.97. The zero-order chi connectivity index (χ0) is 17.2. The molecular formula is C17H32IN5S. The first-order valence-electron chi connectivity index (χ1n) is 8.20. The van der Waals surface area contributed by atoms with Gasteiger partial charge in [-0.1, -0.05) is 19.9 Å². The van der Waals surface area contributed by atoms with E-state index < -0.39 is 0 Å². The van der Waals surface area contributed by atoms with Gasteiger partial charge in [-0.2, -0.15) is 16.9 Å². The summed E-state index contributed by atoms with van der Waals surface area (Å²) in [5.74, 6) is 3.37. The fourth-order valence-electron chi connectivity index (χ4n) is 2.35. The van der Waals surface area contributed by atoms with Gasteiger partial charge in [0.15, 0.2) is 5.96 Å². The van der Waals surface area contributed by atoms with Crippen molar-refractivity contribution in [1.82, 2.24) is 20.0 Å². The highest BCUT2D eigenvalue weighted by molar-refractivity contribution is 14.0. The molecule has 1 heterocycles. The number of aryl methyl sites for hydroxylation is 1. The molecule has 7 heteroatoms. The van der Waals surface area contributed by atoms with Crippen molar-refractivity contribution in [3.05, 3.63) is 30.1 Å². The fraction of sp³-hybridized carbons (Fsp3) is 0.647. The van der Waals surface area contributed by atoms with E-state index in [1.807, 2.05) is 29.6 Å². The van der Waals surface area contributed by atoms with Crippen LogP contribution < -0.4 is 5.32 Å². The Hall–Kier alpha value is -0.700. The summed E-state index contributed by atoms with van der Waals surface area (Å²) in [4.78, 5) is 6.88. The average Bonchev–Trinajstić information content (AvgIpc) is 2.86. The first kappa shape index (κ1) is 23.3. The molecule has 0 aromatic carbocycles. The minimum absolute atomic E-state index is 0. The van der Waals surface area contributed by atoms with Crippen molar-refractivity contribution in [3.63, 3.8) is 0 Å². The quantitative estimate of drug-likeness (QED) is 0.200. The molecule has 0 saturated carbocycles. The van der Waals surface area contributed by atoms with Gasteiger partial charge in [0.25, 0.3) is 0 Å². The Balaban J connectivity index is 0.00000529. The van der Waals surface area contributed by atoms with E-state index >= 15 is 0 Å². The molecule has 1 rings (SSSR count). The number of aromatic nitrogens is 2. The summed E-state index contributed by atoms with van der Waals surface area (Å²) in [6.07, 6.45) is 4.04. The minimum Gasteiger partial charge on any atom is -0.357 e. The molecule has 138 valence electrons. The minimum atomic E-state index is 0. The highest BCUT2D eigenvalue weighted by Crippen LogP contribution is 2.18. The molecule has 0 fully saturated rings. The van der Waals surface area contributed by atoms with Crippen molar-refractivity contribution in [2.75, 3.05) is 31.6 Å². The van der Waals surface area contributed by atoms with Crippen LogP contribution in [0.25, 0.3) is 0 Å². The lowest BCUT2D eigenvalue weighted by Gasteiger charge is -2.22. The van der Waals surface area contributed by atoms with Crippen LogP contribution >= 0.6 is 35.7 Å². The molecule has 0 atom stereocenters. The van der Waals surface area contributed by atoms with E-state index in [0.717, 1.165) is 42.8 Å². The maximum Gasteiger partial charge on any atom is 0.193 e. The van der Waals surface area contributed by atoms with E-state index in [2.05, 4.69) is 55.9 Å². The van der Waals surface area contributed by atoms with Crippen molar-refractivity contribution in [2.24, 2.45) is 12.0 Å². The van der Waals surface area contributed by atoms with Crippen LogP contribution in [0.5, 0.6) is 0 Å². The molecule has 0 saturated heterocycles. The molecule has 0 bridgehead atoms. The summed E-state index contributed by atoms with van der Waals surface area (Å²) >= 11 is 1.85. The Morgan fingerprint density at radius 2 is 2.25 bits per heavy atom. The van der Waals surface area contributed by atoms with E-state index in [4.69, 9.17) is 4.99 Å². The molecule has 5 nitrogen and oxygen atoms in total. The first-order chi connectivity index (χ1) is 11.0. The smallest absolute Gasteiger partial charge is 0.193 e. The Morgan fingerprint density at radius 3 is 2.83 bits per heavy atom. The van der Waals surface area contributed by atoms with E-state index in [-0.39, 0.29) is 24.0 Å². The van der Waals surface area contributed by atoms with E-state index in [9.17, 15) is 0 Å². The summed E-state index contributed by atoms with van der Waals surface area (Å²) in [7, 11) is 4.06. The Morgan fingerprint density at radius 1 is 1.54 bits per heavy atom. The van der Waals surface area contributed by atoms with Crippen LogP contribution in [-0.4, -0.2) is 52.3 Å². The van der Waals surface area contributed by atoms with Gasteiger partial charge >= 0.3 is 0 Å². The van der Waals surface area contributed by atoms with Gasteiger partial charge in [0.2, 0.25) is 0 Å². The molecule has 0 radical (unpaired) electrons. The SMILES string of the molecule is C=CCSCCN=C(NCC)N(C)Cc1cn(C)nc1C(C)C.I. The number of hydrogen-bond donors (Lipinski definition) is 1. The van der Waals surface area contributed by atoms with Crippen molar-refractivity contribution in [1.29, 1.82) is 0 Å². The van der Waals surface area contributed by atoms with Gasteiger partial charge in [0, 0.05) is 50.5 Å². The summed E-state index contributed by atoms with van der Waals surface area (Å²) in [5, 5.41) is 7.95. The van der Waals surface area contributed by atoms with Gasteiger partial charge in [-0.15, -0.1) is 30.6 Å². The van der Waals surface area contributed by atoms with Crippen molar-refractivity contribution >= 4 is 41.7 Å². The van der Waals surface area contributed by atoms with E-state index in [1.165, 1.54) is 5.56 Å². The summed E-state index contributed by atoms with van der Waals surface area (Å²) in [5.41, 5.74) is 2.42. The van der Waals surface area contributed by atoms with Gasteiger partial charge in [-0.25, -0.2) is 0 Å². The Bertz CT molecular complexity index is 513. The third kappa shape index (κ3) is 7.92. The second-order valence-electron chi connectivity index (χ2n) is 5.82. The lowest BCUT2D eigenvalue weighted by atomic mass is 10.1. The highest BCUT2D eigenvalue weighted by atomic mass is 127. The fourth-order valence-corrected chi connectivity index (χ4v) is 2.90. The van der Waals surface area contributed by atoms with Gasteiger partial charge in [0.1, 0.15) is 0 Å². The molecule has 0 amide bonds. The van der Waals surface area contributed by atoms with Crippen LogP contribution in [0.4, 0.5) is 0 Å². The van der Waals surface area contributed by atoms with Gasteiger partial charge in [-0.05, 0) is 12.8 Å². The number of thioether (sulfide) groups is 1. The number of nitrogens with one attached hydrogen (secondary N) is 1. The molecule has 0 unspecified atom stereocenters. The van der Waals surface area contributed by atoms with Crippen LogP contribution in [0.2, 0.25) is 0 Å². The third-order valence-electron chi connectivity index (χ3n) is 3.32. The zero-order valence-electron chi connectivity index (χ0n) is 15.6. The predicted molar refractivity (Wildman–Crippen MR) is 118 cm³/mol. The largest absolute Gasteiger partial charge is 0.357 e. The molecule has 0 aliphatic rings. The summed E-state index contributed by atoms with van der Waals surface area (Å²) in [6.45, 7) is 12.7. The standard InChI is InChI=1S/C17H31N5S.HI/c1-7-10-23-11-9-19-17(18-8-2)21(5)12-15-13-22(6)20-16(15)14(3)4;/h7,13-14H,1,8-12H2,2-6H3,(H,18,19);1H. The van der Waals surface area contributed by atoms with Gasteiger partial charge < -0.3 is 10.2 Å². The molecule has 0 aliphatic heterocycles. The maximum absolute atomic E-state index is 4.71. The molecule has 0 spiro atoms. The highest BCUT2D eigenvalue weighted by Gasteiger charge is 2.14. The van der Waals surface area contributed by atoms with Gasteiger partial charge in [-0.3, -0.25) is 9.67 Å². The summed E-state index contributed by atoms with van der Waals surface area (Å²) < 4.78 is 1.90. The van der Waals surface area contributed by atoms with Crippen LogP contribution in [-0.2, 0) is 13.6 Å². The Labute approximate surface area is 168 Å². The Kier molecular flexibility index (Phi) is 12.3. The van der Waals surface area contributed by atoms with Crippen molar-refractivity contribution in [3.8, 4) is 0 Å². The normalized spacial score (nSPS) is 11.3. The summed E-state index contributed by atoms with van der Waals surface area (Å²) in [6, 6.07) is 0. The number of nitrogens with zero attached hydrogens (tertiary/aromatic N) is 4. The number of aliphatic imine (C=N–C) groups is 1. The van der Waals surface area contributed by atoms with E-state index in [1.54, 1.807) is 0 Å². The lowest BCUT2D eigenvalue weighted by Crippen LogP contribution is -2.38. The molecule has 1 aromatic heterocycles. The molecule has 1 aromatic rings. The average molecular weight is 465 g/mol. The molecule has 24 heavy (non-hydrogen) atoms. The second kappa shape index (κ2) is 12.6. The van der Waals surface area contributed by atoms with E-state index in [0.29, 0.717) is 5.92 Å². The van der Waals surface area contributed by atoms with Crippen molar-refractivity contribution in [2.45, 2.75) is 33.2 Å². The monoisotopic (exact) mass is 465 g/mol. The van der Waals surface area contributed by atoms with Crippen molar-refractivity contribution < 1.29 is 0 Å². The molecule has 1 N–H and O–H groups in total. The van der Waals surface area contributed by atoms with Crippen LogP contribution in [0.3, 0.4) is 0 Å². The third-order valence-corrected chi connectivity index (χ3v) is 4.26. The lowest BCUT2D eigenvalue weighted by molar-refractivity contribution is 0.474. The van der Waals surface area contributed by atoms with Crippen LogP contribution in [0.15, 0.2) is 23.8 Å².